The number of carbonyl (C=O) groups excluding carboxylic acids is 1. The number of aliphatic carboxylic acids is 1. The second-order valence-corrected chi connectivity index (χ2v) is 5.12. The zero-order valence-corrected chi connectivity index (χ0v) is 12.1. The smallest absolute Gasteiger partial charge is 0.310 e. The summed E-state index contributed by atoms with van der Waals surface area (Å²) in [5.74, 6) is -1.96. The number of carboxylic acid groups (broad SMARTS) is 1. The van der Waals surface area contributed by atoms with Crippen LogP contribution in [0.2, 0.25) is 0 Å². The monoisotopic (exact) mass is 293 g/mol. The summed E-state index contributed by atoms with van der Waals surface area (Å²) in [5.41, 5.74) is 1.05. The molecule has 2 unspecified atom stereocenters. The zero-order valence-electron chi connectivity index (χ0n) is 12.1. The van der Waals surface area contributed by atoms with Crippen LogP contribution in [0.3, 0.4) is 0 Å². The summed E-state index contributed by atoms with van der Waals surface area (Å²) in [6.07, 6.45) is 0. The molecule has 6 heteroatoms. The third kappa shape index (κ3) is 3.52. The second kappa shape index (κ2) is 6.58. The Morgan fingerprint density at radius 2 is 1.81 bits per heavy atom. The van der Waals surface area contributed by atoms with Gasteiger partial charge >= 0.3 is 11.9 Å². The SMILES string of the molecule is COC(=O)C1CN(Cc2ccc(OC)cc2)CC1C(=O)O. The first kappa shape index (κ1) is 15.3. The van der Waals surface area contributed by atoms with Gasteiger partial charge < -0.3 is 14.6 Å². The van der Waals surface area contributed by atoms with E-state index in [4.69, 9.17) is 9.47 Å². The van der Waals surface area contributed by atoms with E-state index in [1.807, 2.05) is 29.2 Å². The molecular formula is C15H19NO5. The highest BCUT2D eigenvalue weighted by Gasteiger charge is 2.42. The number of hydrogen-bond acceptors (Lipinski definition) is 5. The molecule has 1 aromatic rings. The maximum atomic E-state index is 11.7. The zero-order chi connectivity index (χ0) is 15.4. The Hall–Kier alpha value is -2.08. The molecule has 1 fully saturated rings. The predicted molar refractivity (Wildman–Crippen MR) is 74.9 cm³/mol. The highest BCUT2D eigenvalue weighted by atomic mass is 16.5. The van der Waals surface area contributed by atoms with E-state index in [0.29, 0.717) is 19.6 Å². The van der Waals surface area contributed by atoms with Gasteiger partial charge in [-0.25, -0.2) is 0 Å². The van der Waals surface area contributed by atoms with Gasteiger partial charge in [0.05, 0.1) is 26.1 Å². The van der Waals surface area contributed by atoms with Crippen molar-refractivity contribution >= 4 is 11.9 Å². The number of esters is 1. The van der Waals surface area contributed by atoms with Gasteiger partial charge in [-0.3, -0.25) is 14.5 Å². The van der Waals surface area contributed by atoms with Crippen LogP contribution in [0.5, 0.6) is 5.75 Å². The van der Waals surface area contributed by atoms with Crippen LogP contribution in [0.15, 0.2) is 24.3 Å². The molecule has 1 saturated heterocycles. The summed E-state index contributed by atoms with van der Waals surface area (Å²) < 4.78 is 9.80. The Kier molecular flexibility index (Phi) is 4.80. The van der Waals surface area contributed by atoms with Gasteiger partial charge in [0.1, 0.15) is 5.75 Å². The highest BCUT2D eigenvalue weighted by Crippen LogP contribution is 2.26. The minimum Gasteiger partial charge on any atom is -0.497 e. The predicted octanol–water partition coefficient (Wildman–Crippen LogP) is 1.00. The molecule has 1 heterocycles. The average Bonchev–Trinajstić information content (AvgIpc) is 2.91. The Bertz CT molecular complexity index is 513. The summed E-state index contributed by atoms with van der Waals surface area (Å²) >= 11 is 0. The van der Waals surface area contributed by atoms with Crippen LogP contribution < -0.4 is 4.74 Å². The van der Waals surface area contributed by atoms with Crippen LogP contribution in [0.25, 0.3) is 0 Å². The molecule has 0 radical (unpaired) electrons. The number of benzene rings is 1. The number of carbonyl (C=O) groups is 2. The lowest BCUT2D eigenvalue weighted by molar-refractivity contribution is -0.153. The van der Waals surface area contributed by atoms with Crippen molar-refractivity contribution in [3.05, 3.63) is 29.8 Å². The van der Waals surface area contributed by atoms with Crippen molar-refractivity contribution in [3.63, 3.8) is 0 Å². The van der Waals surface area contributed by atoms with E-state index in [0.717, 1.165) is 11.3 Å². The normalized spacial score (nSPS) is 22.0. The van der Waals surface area contributed by atoms with Crippen molar-refractivity contribution in [1.82, 2.24) is 4.90 Å². The molecule has 0 amide bonds. The third-order valence-electron chi connectivity index (χ3n) is 3.78. The first-order valence-electron chi connectivity index (χ1n) is 6.71. The van der Waals surface area contributed by atoms with Gasteiger partial charge in [-0.1, -0.05) is 12.1 Å². The summed E-state index contributed by atoms with van der Waals surface area (Å²) in [6.45, 7) is 1.35. The van der Waals surface area contributed by atoms with Crippen LogP contribution in [0.4, 0.5) is 0 Å². The maximum absolute atomic E-state index is 11.7. The van der Waals surface area contributed by atoms with Gasteiger partial charge in [-0.15, -0.1) is 0 Å². The van der Waals surface area contributed by atoms with Gasteiger partial charge in [0.2, 0.25) is 0 Å². The maximum Gasteiger partial charge on any atom is 0.310 e. The molecule has 2 rings (SSSR count). The van der Waals surface area contributed by atoms with Gasteiger partial charge in [0.25, 0.3) is 0 Å². The minimum atomic E-state index is -0.956. The van der Waals surface area contributed by atoms with E-state index in [-0.39, 0.29) is 0 Å². The molecule has 1 N–H and O–H groups in total. The summed E-state index contributed by atoms with van der Waals surface area (Å²) in [7, 11) is 2.89. The molecule has 21 heavy (non-hydrogen) atoms. The van der Waals surface area contributed by atoms with Gasteiger partial charge in [-0.05, 0) is 17.7 Å². The molecule has 0 bridgehead atoms. The van der Waals surface area contributed by atoms with Crippen LogP contribution >= 0.6 is 0 Å². The Morgan fingerprint density at radius 1 is 1.19 bits per heavy atom. The van der Waals surface area contributed by atoms with E-state index in [1.54, 1.807) is 7.11 Å². The van der Waals surface area contributed by atoms with E-state index < -0.39 is 23.8 Å². The van der Waals surface area contributed by atoms with Crippen LogP contribution in [0.1, 0.15) is 5.56 Å². The fourth-order valence-corrected chi connectivity index (χ4v) is 2.64. The van der Waals surface area contributed by atoms with Crippen molar-refractivity contribution in [1.29, 1.82) is 0 Å². The van der Waals surface area contributed by atoms with Gasteiger partial charge in [0, 0.05) is 19.6 Å². The highest BCUT2D eigenvalue weighted by molar-refractivity contribution is 5.82. The lowest BCUT2D eigenvalue weighted by Gasteiger charge is -2.15. The van der Waals surface area contributed by atoms with Crippen LogP contribution in [-0.2, 0) is 20.9 Å². The van der Waals surface area contributed by atoms with E-state index in [1.165, 1.54) is 7.11 Å². The fraction of sp³-hybridized carbons (Fsp3) is 0.467. The van der Waals surface area contributed by atoms with Crippen molar-refractivity contribution in [2.75, 3.05) is 27.3 Å². The lowest BCUT2D eigenvalue weighted by Crippen LogP contribution is -2.29. The molecule has 114 valence electrons. The number of hydrogen-bond donors (Lipinski definition) is 1. The Morgan fingerprint density at radius 3 is 2.33 bits per heavy atom. The molecule has 6 nitrogen and oxygen atoms in total. The topological polar surface area (TPSA) is 76.1 Å². The summed E-state index contributed by atoms with van der Waals surface area (Å²) in [6, 6.07) is 7.58. The number of methoxy groups -OCH3 is 2. The standard InChI is InChI=1S/C15H19NO5/c1-20-11-5-3-10(4-6-11)7-16-8-12(14(17)18)13(9-16)15(19)21-2/h3-6,12-13H,7-9H2,1-2H3,(H,17,18). The molecular weight excluding hydrogens is 274 g/mol. The van der Waals surface area contributed by atoms with Gasteiger partial charge in [-0.2, -0.15) is 0 Å². The number of carboxylic acids is 1. The second-order valence-electron chi connectivity index (χ2n) is 5.12. The Labute approximate surface area is 123 Å². The molecule has 1 aliphatic rings. The first-order valence-corrected chi connectivity index (χ1v) is 6.71. The van der Waals surface area contributed by atoms with Crippen molar-refractivity contribution in [2.24, 2.45) is 11.8 Å². The molecule has 0 aliphatic carbocycles. The summed E-state index contributed by atoms with van der Waals surface area (Å²) in [4.78, 5) is 24.9. The minimum absolute atomic E-state index is 0.348. The van der Waals surface area contributed by atoms with Crippen molar-refractivity contribution in [2.45, 2.75) is 6.54 Å². The molecule has 1 aromatic carbocycles. The van der Waals surface area contributed by atoms with Crippen molar-refractivity contribution < 1.29 is 24.2 Å². The number of rotatable bonds is 5. The molecule has 0 spiro atoms. The fourth-order valence-electron chi connectivity index (χ4n) is 2.64. The summed E-state index contributed by atoms with van der Waals surface area (Å²) in [5, 5.41) is 9.23. The Balaban J connectivity index is 2.04. The molecule has 1 aliphatic heterocycles. The van der Waals surface area contributed by atoms with E-state index >= 15 is 0 Å². The largest absolute Gasteiger partial charge is 0.497 e. The van der Waals surface area contributed by atoms with Crippen LogP contribution in [0, 0.1) is 11.8 Å². The number of nitrogens with zero attached hydrogens (tertiary/aromatic N) is 1. The number of likely N-dealkylation sites (tertiary alicyclic amines) is 1. The third-order valence-corrected chi connectivity index (χ3v) is 3.78. The van der Waals surface area contributed by atoms with Crippen molar-refractivity contribution in [3.8, 4) is 5.75 Å². The van der Waals surface area contributed by atoms with E-state index in [2.05, 4.69) is 0 Å². The quantitative estimate of drug-likeness (QED) is 0.816. The van der Waals surface area contributed by atoms with E-state index in [9.17, 15) is 14.7 Å². The lowest BCUT2D eigenvalue weighted by atomic mass is 9.97. The molecule has 0 aromatic heterocycles. The first-order chi connectivity index (χ1) is 10.0. The van der Waals surface area contributed by atoms with Crippen LogP contribution in [-0.4, -0.2) is 49.3 Å². The average molecular weight is 293 g/mol. The molecule has 2 atom stereocenters. The van der Waals surface area contributed by atoms with Gasteiger partial charge in [0.15, 0.2) is 0 Å². The molecule has 0 saturated carbocycles. The number of ether oxygens (including phenoxy) is 2.